The van der Waals surface area contributed by atoms with Gasteiger partial charge in [-0.25, -0.2) is 9.37 Å². The summed E-state index contributed by atoms with van der Waals surface area (Å²) in [6.07, 6.45) is 5.84. The molecule has 2 rings (SSSR count). The normalized spacial score (nSPS) is 22.5. The Hall–Kier alpha value is -0.900. The Morgan fingerprint density at radius 3 is 3.14 bits per heavy atom. The number of aromatic nitrogens is 1. The number of hydrogen-bond donors (Lipinski definition) is 1. The first-order valence-electron chi connectivity index (χ1n) is 5.11. The van der Waals surface area contributed by atoms with E-state index >= 15 is 0 Å². The van der Waals surface area contributed by atoms with Crippen LogP contribution in [0.2, 0.25) is 0 Å². The van der Waals surface area contributed by atoms with Gasteiger partial charge in [0, 0.05) is 12.5 Å². The molecule has 3 nitrogen and oxygen atoms in total. The molecule has 14 heavy (non-hydrogen) atoms. The van der Waals surface area contributed by atoms with E-state index in [4.69, 9.17) is 4.42 Å². The lowest BCUT2D eigenvalue weighted by Gasteiger charge is -2.21. The summed E-state index contributed by atoms with van der Waals surface area (Å²) in [7, 11) is 0. The number of nitrogens with zero attached hydrogens (tertiary/aromatic N) is 1. The highest BCUT2D eigenvalue weighted by molar-refractivity contribution is 4.96. The van der Waals surface area contributed by atoms with Gasteiger partial charge in [0.25, 0.3) is 0 Å². The zero-order chi connectivity index (χ0) is 9.80. The van der Waals surface area contributed by atoms with E-state index in [-0.39, 0.29) is 0 Å². The van der Waals surface area contributed by atoms with Gasteiger partial charge in [-0.15, -0.1) is 0 Å². The highest BCUT2D eigenvalue weighted by Crippen LogP contribution is 2.12. The van der Waals surface area contributed by atoms with E-state index in [1.165, 1.54) is 19.1 Å². The van der Waals surface area contributed by atoms with E-state index < -0.39 is 6.67 Å². The maximum atomic E-state index is 12.2. The molecule has 78 valence electrons. The van der Waals surface area contributed by atoms with Crippen molar-refractivity contribution in [3.8, 4) is 0 Å². The standard InChI is InChI=1S/C10H15FN2O/c11-6-9-7-14-10(13-9)5-8-3-1-2-4-12-8/h7-8,12H,1-6H2. The Labute approximate surface area is 82.7 Å². The van der Waals surface area contributed by atoms with Crippen LogP contribution in [0, 0.1) is 0 Å². The summed E-state index contributed by atoms with van der Waals surface area (Å²) < 4.78 is 17.3. The molecule has 0 spiro atoms. The Kier molecular flexibility index (Phi) is 3.14. The molecule has 0 radical (unpaired) electrons. The van der Waals surface area contributed by atoms with Gasteiger partial charge in [-0.05, 0) is 19.4 Å². The lowest BCUT2D eigenvalue weighted by atomic mass is 10.0. The smallest absolute Gasteiger partial charge is 0.195 e. The first-order chi connectivity index (χ1) is 6.88. The van der Waals surface area contributed by atoms with Gasteiger partial charge in [0.1, 0.15) is 18.6 Å². The van der Waals surface area contributed by atoms with Crippen LogP contribution in [0.1, 0.15) is 30.8 Å². The number of alkyl halides is 1. The molecule has 4 heteroatoms. The molecular weight excluding hydrogens is 183 g/mol. The van der Waals surface area contributed by atoms with Gasteiger partial charge in [0.15, 0.2) is 5.89 Å². The van der Waals surface area contributed by atoms with Crippen molar-refractivity contribution < 1.29 is 8.81 Å². The maximum absolute atomic E-state index is 12.2. The molecule has 1 saturated heterocycles. The van der Waals surface area contributed by atoms with Crippen LogP contribution in [0.4, 0.5) is 4.39 Å². The van der Waals surface area contributed by atoms with Crippen LogP contribution in [-0.4, -0.2) is 17.6 Å². The molecule has 1 fully saturated rings. The first-order valence-corrected chi connectivity index (χ1v) is 5.11. The van der Waals surface area contributed by atoms with Gasteiger partial charge in [-0.3, -0.25) is 0 Å². The van der Waals surface area contributed by atoms with E-state index in [1.54, 1.807) is 0 Å². The molecule has 2 heterocycles. The minimum Gasteiger partial charge on any atom is -0.449 e. The molecular formula is C10H15FN2O. The topological polar surface area (TPSA) is 38.1 Å². The summed E-state index contributed by atoms with van der Waals surface area (Å²) in [5.41, 5.74) is 0.399. The average Bonchev–Trinajstić information content (AvgIpc) is 2.67. The largest absolute Gasteiger partial charge is 0.449 e. The van der Waals surface area contributed by atoms with E-state index in [0.29, 0.717) is 17.6 Å². The monoisotopic (exact) mass is 198 g/mol. The molecule has 1 aliphatic heterocycles. The van der Waals surface area contributed by atoms with Gasteiger partial charge in [0.05, 0.1) is 0 Å². The van der Waals surface area contributed by atoms with E-state index in [0.717, 1.165) is 19.4 Å². The lowest BCUT2D eigenvalue weighted by Crippen LogP contribution is -2.35. The quantitative estimate of drug-likeness (QED) is 0.805. The molecule has 0 bridgehead atoms. The number of halogens is 1. The van der Waals surface area contributed by atoms with Crippen LogP contribution < -0.4 is 5.32 Å². The Morgan fingerprint density at radius 2 is 2.50 bits per heavy atom. The summed E-state index contributed by atoms with van der Waals surface area (Å²) in [6, 6.07) is 0.454. The van der Waals surface area contributed by atoms with Crippen molar-refractivity contribution in [2.24, 2.45) is 0 Å². The summed E-state index contributed by atoms with van der Waals surface area (Å²) in [4.78, 5) is 4.04. The molecule has 0 saturated carbocycles. The number of nitrogens with one attached hydrogen (secondary N) is 1. The molecule has 1 atom stereocenters. The first kappa shape index (κ1) is 9.65. The molecule has 0 amide bonds. The predicted molar refractivity (Wildman–Crippen MR) is 50.7 cm³/mol. The molecule has 1 aliphatic rings. The lowest BCUT2D eigenvalue weighted by molar-refractivity contribution is 0.367. The fourth-order valence-corrected chi connectivity index (χ4v) is 1.81. The SMILES string of the molecule is FCc1coc(CC2CCCCN2)n1. The number of hydrogen-bond acceptors (Lipinski definition) is 3. The second kappa shape index (κ2) is 4.55. The zero-order valence-corrected chi connectivity index (χ0v) is 8.13. The van der Waals surface area contributed by atoms with Gasteiger partial charge in [0.2, 0.25) is 0 Å². The van der Waals surface area contributed by atoms with Crippen molar-refractivity contribution in [1.82, 2.24) is 10.3 Å². The maximum Gasteiger partial charge on any atom is 0.195 e. The molecule has 0 aliphatic carbocycles. The fourth-order valence-electron chi connectivity index (χ4n) is 1.81. The Balaban J connectivity index is 1.89. The number of piperidine rings is 1. The molecule has 1 aromatic rings. The van der Waals surface area contributed by atoms with Crippen molar-refractivity contribution in [2.45, 2.75) is 38.4 Å². The zero-order valence-electron chi connectivity index (χ0n) is 8.13. The fraction of sp³-hybridized carbons (Fsp3) is 0.700. The Morgan fingerprint density at radius 1 is 1.57 bits per heavy atom. The van der Waals surface area contributed by atoms with Crippen LogP contribution in [-0.2, 0) is 13.1 Å². The highest BCUT2D eigenvalue weighted by atomic mass is 19.1. The Bertz CT molecular complexity index is 281. The number of oxazole rings is 1. The van der Waals surface area contributed by atoms with E-state index in [1.807, 2.05) is 0 Å². The van der Waals surface area contributed by atoms with Gasteiger partial charge in [-0.1, -0.05) is 6.42 Å². The van der Waals surface area contributed by atoms with Crippen molar-refractivity contribution in [3.05, 3.63) is 17.8 Å². The van der Waals surface area contributed by atoms with Crippen LogP contribution in [0.25, 0.3) is 0 Å². The molecule has 1 N–H and O–H groups in total. The third-order valence-corrected chi connectivity index (χ3v) is 2.57. The van der Waals surface area contributed by atoms with E-state index in [9.17, 15) is 4.39 Å². The summed E-state index contributed by atoms with van der Waals surface area (Å²) in [5.74, 6) is 0.650. The van der Waals surface area contributed by atoms with Crippen LogP contribution in [0.15, 0.2) is 10.7 Å². The predicted octanol–water partition coefficient (Wildman–Crippen LogP) is 1.83. The minimum absolute atomic E-state index is 0.399. The molecule has 0 aromatic carbocycles. The summed E-state index contributed by atoms with van der Waals surface area (Å²) in [6.45, 7) is 0.531. The summed E-state index contributed by atoms with van der Waals surface area (Å²) >= 11 is 0. The molecule has 1 unspecified atom stereocenters. The minimum atomic E-state index is -0.540. The van der Waals surface area contributed by atoms with Crippen LogP contribution >= 0.6 is 0 Å². The molecule has 1 aromatic heterocycles. The van der Waals surface area contributed by atoms with Crippen molar-refractivity contribution >= 4 is 0 Å². The van der Waals surface area contributed by atoms with Crippen molar-refractivity contribution in [3.63, 3.8) is 0 Å². The van der Waals surface area contributed by atoms with E-state index in [2.05, 4.69) is 10.3 Å². The highest BCUT2D eigenvalue weighted by Gasteiger charge is 2.15. The van der Waals surface area contributed by atoms with Crippen molar-refractivity contribution in [1.29, 1.82) is 0 Å². The second-order valence-electron chi connectivity index (χ2n) is 3.72. The van der Waals surface area contributed by atoms with Gasteiger partial charge >= 0.3 is 0 Å². The average molecular weight is 198 g/mol. The van der Waals surface area contributed by atoms with Crippen LogP contribution in [0.3, 0.4) is 0 Å². The third kappa shape index (κ3) is 2.32. The van der Waals surface area contributed by atoms with Crippen LogP contribution in [0.5, 0.6) is 0 Å². The summed E-state index contributed by atoms with van der Waals surface area (Å²) in [5, 5.41) is 3.40. The van der Waals surface area contributed by atoms with Gasteiger partial charge < -0.3 is 9.73 Å². The number of rotatable bonds is 3. The van der Waals surface area contributed by atoms with Crippen molar-refractivity contribution in [2.75, 3.05) is 6.54 Å². The van der Waals surface area contributed by atoms with Gasteiger partial charge in [-0.2, -0.15) is 0 Å². The third-order valence-electron chi connectivity index (χ3n) is 2.57. The second-order valence-corrected chi connectivity index (χ2v) is 3.72.